The van der Waals surface area contributed by atoms with Crippen LogP contribution in [0.1, 0.15) is 6.92 Å². The molecule has 1 N–H and O–H groups in total. The van der Waals surface area contributed by atoms with E-state index in [2.05, 4.69) is 22.3 Å². The van der Waals surface area contributed by atoms with E-state index in [-0.39, 0.29) is 5.97 Å². The van der Waals surface area contributed by atoms with Gasteiger partial charge in [0, 0.05) is 10.6 Å². The molecule has 5 heteroatoms. The Bertz CT molecular complexity index is 527. The van der Waals surface area contributed by atoms with E-state index < -0.39 is 0 Å². The molecule has 0 aliphatic carbocycles. The summed E-state index contributed by atoms with van der Waals surface area (Å²) in [5, 5.41) is 3.14. The fourth-order valence-corrected chi connectivity index (χ4v) is 3.31. The van der Waals surface area contributed by atoms with E-state index in [0.717, 1.165) is 17.1 Å². The van der Waals surface area contributed by atoms with Gasteiger partial charge >= 0.3 is 5.97 Å². The number of anilines is 1. The molecular formula is C13H14N2O2S. The molecule has 94 valence electrons. The lowest BCUT2D eigenvalue weighted by Crippen LogP contribution is -2.26. The van der Waals surface area contributed by atoms with Crippen molar-refractivity contribution in [3.8, 4) is 0 Å². The van der Waals surface area contributed by atoms with Crippen LogP contribution in [0.4, 0.5) is 5.69 Å². The lowest BCUT2D eigenvalue weighted by molar-refractivity contribution is -0.138. The van der Waals surface area contributed by atoms with Crippen LogP contribution in [0.5, 0.6) is 0 Å². The van der Waals surface area contributed by atoms with E-state index in [1.807, 2.05) is 19.1 Å². The summed E-state index contributed by atoms with van der Waals surface area (Å²) in [6.45, 7) is 2.86. The highest BCUT2D eigenvalue weighted by molar-refractivity contribution is 7.99. The molecular weight excluding hydrogens is 248 g/mol. The standard InChI is InChI=1S/C13H14N2O2S/c1-2-17-13(16)12-10-7-18-11-6-4-3-5-9(11)15(10)8-14-12/h3-6,14H,2,7-8H2,1H3. The summed E-state index contributed by atoms with van der Waals surface area (Å²) < 4.78 is 5.07. The number of rotatable bonds is 2. The topological polar surface area (TPSA) is 41.6 Å². The monoisotopic (exact) mass is 262 g/mol. The summed E-state index contributed by atoms with van der Waals surface area (Å²) in [7, 11) is 0. The maximum atomic E-state index is 11.8. The first kappa shape index (κ1) is 11.5. The Kier molecular flexibility index (Phi) is 2.91. The number of ether oxygens (including phenoxy) is 1. The third-order valence-electron chi connectivity index (χ3n) is 3.03. The van der Waals surface area contributed by atoms with Crippen molar-refractivity contribution in [2.24, 2.45) is 0 Å². The van der Waals surface area contributed by atoms with Crippen LogP contribution >= 0.6 is 11.8 Å². The average Bonchev–Trinajstić information content (AvgIpc) is 2.83. The third kappa shape index (κ3) is 1.75. The molecule has 0 spiro atoms. The SMILES string of the molecule is CCOC(=O)C1=C2CSc3ccccc3N2CN1. The normalized spacial score (nSPS) is 17.1. The first-order valence-electron chi connectivity index (χ1n) is 5.94. The number of carbonyl (C=O) groups is 1. The molecule has 2 aliphatic rings. The van der Waals surface area contributed by atoms with Crippen molar-refractivity contribution in [2.45, 2.75) is 11.8 Å². The zero-order valence-electron chi connectivity index (χ0n) is 10.1. The van der Waals surface area contributed by atoms with Crippen molar-refractivity contribution in [1.29, 1.82) is 0 Å². The van der Waals surface area contributed by atoms with E-state index >= 15 is 0 Å². The summed E-state index contributed by atoms with van der Waals surface area (Å²) in [6.07, 6.45) is 0. The number of esters is 1. The van der Waals surface area contributed by atoms with Crippen molar-refractivity contribution < 1.29 is 9.53 Å². The summed E-state index contributed by atoms with van der Waals surface area (Å²) in [5.74, 6) is 0.549. The number of thioether (sulfide) groups is 1. The molecule has 0 fully saturated rings. The van der Waals surface area contributed by atoms with Gasteiger partial charge in [-0.2, -0.15) is 0 Å². The summed E-state index contributed by atoms with van der Waals surface area (Å²) in [5.41, 5.74) is 2.80. The highest BCUT2D eigenvalue weighted by Gasteiger charge is 2.32. The van der Waals surface area contributed by atoms with Gasteiger partial charge in [-0.3, -0.25) is 0 Å². The predicted molar refractivity (Wildman–Crippen MR) is 71.3 cm³/mol. The number of carbonyl (C=O) groups excluding carboxylic acids is 1. The number of fused-ring (bicyclic) bond motifs is 3. The van der Waals surface area contributed by atoms with Gasteiger partial charge in [-0.25, -0.2) is 4.79 Å². The predicted octanol–water partition coefficient (Wildman–Crippen LogP) is 1.93. The molecule has 1 aromatic rings. The van der Waals surface area contributed by atoms with Gasteiger partial charge in [0.1, 0.15) is 5.70 Å². The Balaban J connectivity index is 1.96. The van der Waals surface area contributed by atoms with E-state index in [1.165, 1.54) is 4.90 Å². The Morgan fingerprint density at radius 3 is 3.17 bits per heavy atom. The first-order chi connectivity index (χ1) is 8.81. The van der Waals surface area contributed by atoms with Crippen molar-refractivity contribution >= 4 is 23.4 Å². The van der Waals surface area contributed by atoms with Crippen molar-refractivity contribution in [2.75, 3.05) is 23.9 Å². The van der Waals surface area contributed by atoms with Gasteiger partial charge < -0.3 is 15.0 Å². The maximum absolute atomic E-state index is 11.8. The molecule has 0 unspecified atom stereocenters. The molecule has 2 aliphatic heterocycles. The number of para-hydroxylation sites is 1. The van der Waals surface area contributed by atoms with Crippen LogP contribution in [0.15, 0.2) is 40.6 Å². The second-order valence-electron chi connectivity index (χ2n) is 4.06. The number of hydrogen-bond acceptors (Lipinski definition) is 5. The summed E-state index contributed by atoms with van der Waals surface area (Å²) >= 11 is 1.76. The second kappa shape index (κ2) is 4.57. The Labute approximate surface area is 110 Å². The van der Waals surface area contributed by atoms with Gasteiger partial charge in [-0.15, -0.1) is 11.8 Å². The maximum Gasteiger partial charge on any atom is 0.356 e. The van der Waals surface area contributed by atoms with Gasteiger partial charge in [-0.05, 0) is 19.1 Å². The summed E-state index contributed by atoms with van der Waals surface area (Å²) in [4.78, 5) is 15.2. The Hall–Kier alpha value is -1.62. The van der Waals surface area contributed by atoms with Crippen LogP contribution in [-0.4, -0.2) is 25.0 Å². The van der Waals surface area contributed by atoms with Crippen LogP contribution in [0.25, 0.3) is 0 Å². The first-order valence-corrected chi connectivity index (χ1v) is 6.93. The second-order valence-corrected chi connectivity index (χ2v) is 5.08. The van der Waals surface area contributed by atoms with Gasteiger partial charge in [-0.1, -0.05) is 12.1 Å². The molecule has 3 rings (SSSR count). The molecule has 0 bridgehead atoms. The highest BCUT2D eigenvalue weighted by atomic mass is 32.2. The van der Waals surface area contributed by atoms with Gasteiger partial charge in [0.05, 0.1) is 24.7 Å². The molecule has 0 radical (unpaired) electrons. The van der Waals surface area contributed by atoms with E-state index in [0.29, 0.717) is 19.0 Å². The molecule has 0 amide bonds. The van der Waals surface area contributed by atoms with Crippen molar-refractivity contribution in [3.05, 3.63) is 35.7 Å². The largest absolute Gasteiger partial charge is 0.461 e. The van der Waals surface area contributed by atoms with Crippen LogP contribution < -0.4 is 10.2 Å². The van der Waals surface area contributed by atoms with Crippen molar-refractivity contribution in [3.63, 3.8) is 0 Å². The van der Waals surface area contributed by atoms with Gasteiger partial charge in [0.2, 0.25) is 0 Å². The number of hydrogen-bond donors (Lipinski definition) is 1. The van der Waals surface area contributed by atoms with E-state index in [1.54, 1.807) is 11.8 Å². The van der Waals surface area contributed by atoms with Crippen LogP contribution in [-0.2, 0) is 9.53 Å². The molecule has 2 heterocycles. The Morgan fingerprint density at radius 2 is 2.33 bits per heavy atom. The molecule has 4 nitrogen and oxygen atoms in total. The molecule has 1 aromatic carbocycles. The quantitative estimate of drug-likeness (QED) is 0.825. The fourth-order valence-electron chi connectivity index (χ4n) is 2.21. The van der Waals surface area contributed by atoms with Gasteiger partial charge in [0.25, 0.3) is 0 Å². The molecule has 0 aromatic heterocycles. The van der Waals surface area contributed by atoms with Crippen LogP contribution in [0, 0.1) is 0 Å². The van der Waals surface area contributed by atoms with Gasteiger partial charge in [0.15, 0.2) is 0 Å². The number of benzene rings is 1. The molecule has 0 saturated carbocycles. The molecule has 0 atom stereocenters. The fraction of sp³-hybridized carbons (Fsp3) is 0.308. The van der Waals surface area contributed by atoms with E-state index in [9.17, 15) is 4.79 Å². The summed E-state index contributed by atoms with van der Waals surface area (Å²) in [6, 6.07) is 8.25. The zero-order valence-corrected chi connectivity index (χ0v) is 10.9. The highest BCUT2D eigenvalue weighted by Crippen LogP contribution is 2.40. The number of nitrogens with zero attached hydrogens (tertiary/aromatic N) is 1. The van der Waals surface area contributed by atoms with E-state index in [4.69, 9.17) is 4.74 Å². The molecule has 18 heavy (non-hydrogen) atoms. The Morgan fingerprint density at radius 1 is 1.50 bits per heavy atom. The van der Waals surface area contributed by atoms with Crippen molar-refractivity contribution in [1.82, 2.24) is 5.32 Å². The third-order valence-corrected chi connectivity index (χ3v) is 4.10. The van der Waals surface area contributed by atoms with Crippen LogP contribution in [0.2, 0.25) is 0 Å². The minimum Gasteiger partial charge on any atom is -0.461 e. The molecule has 0 saturated heterocycles. The average molecular weight is 262 g/mol. The minimum atomic E-state index is -0.255. The van der Waals surface area contributed by atoms with Crippen LogP contribution in [0.3, 0.4) is 0 Å². The number of nitrogens with one attached hydrogen (secondary N) is 1. The lowest BCUT2D eigenvalue weighted by atomic mass is 10.2. The smallest absolute Gasteiger partial charge is 0.356 e. The minimum absolute atomic E-state index is 0.255. The zero-order chi connectivity index (χ0) is 12.5. The lowest BCUT2D eigenvalue weighted by Gasteiger charge is -2.28.